The van der Waals surface area contributed by atoms with Crippen LogP contribution in [0, 0.1) is 0 Å². The van der Waals surface area contributed by atoms with Crippen LogP contribution in [0.25, 0.3) is 0 Å². The Balaban J connectivity index is 2.60. The Hall–Kier alpha value is -0.550. The van der Waals surface area contributed by atoms with Gasteiger partial charge in [0.1, 0.15) is 24.4 Å². The molecule has 0 aliphatic carbocycles. The highest BCUT2D eigenvalue weighted by Crippen LogP contribution is 2.19. The second kappa shape index (κ2) is 5.68. The third-order valence-electron chi connectivity index (χ3n) is 2.23. The lowest BCUT2D eigenvalue weighted by Crippen LogP contribution is -2.65. The number of hydrogen-bond acceptors (Lipinski definition) is 7. The van der Waals surface area contributed by atoms with Gasteiger partial charge in [0, 0.05) is 0 Å². The van der Waals surface area contributed by atoms with E-state index in [1.54, 1.807) is 0 Å². The van der Waals surface area contributed by atoms with E-state index in [1.807, 2.05) is 0 Å². The standard InChI is InChI=1S/C7H15N3O5S/c8-7(16)10-9-6-5(14)4(13)3(12)2(1-11)15-6/h2-6,9,11-14H,1H2,(H3,8,10,16)/t2-,3-,4+,5+,6-/m1/s1. The normalized spacial score (nSPS) is 39.4. The number of thiocarbonyl (C=S) groups is 1. The van der Waals surface area contributed by atoms with Gasteiger partial charge in [0.15, 0.2) is 11.3 Å². The van der Waals surface area contributed by atoms with Crippen LogP contribution in [0.1, 0.15) is 0 Å². The zero-order chi connectivity index (χ0) is 12.3. The van der Waals surface area contributed by atoms with Crippen molar-refractivity contribution in [3.63, 3.8) is 0 Å². The Labute approximate surface area is 97.0 Å². The summed E-state index contributed by atoms with van der Waals surface area (Å²) in [5.41, 5.74) is 9.88. The average molecular weight is 253 g/mol. The van der Waals surface area contributed by atoms with Crippen LogP contribution in [0.2, 0.25) is 0 Å². The van der Waals surface area contributed by atoms with Crippen molar-refractivity contribution in [1.82, 2.24) is 10.9 Å². The molecule has 0 unspecified atom stereocenters. The lowest BCUT2D eigenvalue weighted by molar-refractivity contribution is -0.238. The van der Waals surface area contributed by atoms with Gasteiger partial charge in [-0.05, 0) is 12.2 Å². The third kappa shape index (κ3) is 2.98. The summed E-state index contributed by atoms with van der Waals surface area (Å²) in [5, 5.41) is 37.2. The number of aliphatic hydroxyl groups excluding tert-OH is 4. The molecule has 1 saturated heterocycles. The molecule has 1 rings (SSSR count). The summed E-state index contributed by atoms with van der Waals surface area (Å²) in [6, 6.07) is 0. The Morgan fingerprint density at radius 3 is 2.38 bits per heavy atom. The minimum Gasteiger partial charge on any atom is -0.394 e. The zero-order valence-electron chi connectivity index (χ0n) is 8.28. The molecular formula is C7H15N3O5S. The zero-order valence-corrected chi connectivity index (χ0v) is 9.09. The molecule has 1 aliphatic heterocycles. The van der Waals surface area contributed by atoms with Crippen LogP contribution < -0.4 is 16.6 Å². The number of hydrogen-bond donors (Lipinski definition) is 7. The fourth-order valence-electron chi connectivity index (χ4n) is 1.36. The number of nitrogens with one attached hydrogen (secondary N) is 2. The first-order valence-electron chi connectivity index (χ1n) is 4.59. The first kappa shape index (κ1) is 13.5. The van der Waals surface area contributed by atoms with Crippen molar-refractivity contribution < 1.29 is 25.2 Å². The number of nitrogens with two attached hydrogens (primary N) is 1. The maximum absolute atomic E-state index is 9.53. The molecule has 0 amide bonds. The molecule has 1 fully saturated rings. The molecule has 8 nitrogen and oxygen atoms in total. The van der Waals surface area contributed by atoms with Crippen molar-refractivity contribution in [2.24, 2.45) is 5.73 Å². The van der Waals surface area contributed by atoms with E-state index in [0.717, 1.165) is 0 Å². The van der Waals surface area contributed by atoms with E-state index in [4.69, 9.17) is 15.6 Å². The molecule has 0 aromatic rings. The smallest absolute Gasteiger partial charge is 0.178 e. The molecule has 1 heterocycles. The van der Waals surface area contributed by atoms with Crippen molar-refractivity contribution in [3.8, 4) is 0 Å². The molecule has 0 aromatic carbocycles. The predicted octanol–water partition coefficient (Wildman–Crippen LogP) is -3.88. The first-order valence-corrected chi connectivity index (χ1v) is 4.99. The van der Waals surface area contributed by atoms with Crippen LogP contribution in [0.15, 0.2) is 0 Å². The highest BCUT2D eigenvalue weighted by molar-refractivity contribution is 7.80. The van der Waals surface area contributed by atoms with Crippen LogP contribution >= 0.6 is 12.2 Å². The van der Waals surface area contributed by atoms with Crippen LogP contribution in [0.3, 0.4) is 0 Å². The highest BCUT2D eigenvalue weighted by atomic mass is 32.1. The Kier molecular flexibility index (Phi) is 4.80. The molecule has 0 bridgehead atoms. The van der Waals surface area contributed by atoms with Crippen molar-refractivity contribution in [2.75, 3.05) is 6.61 Å². The molecule has 0 saturated carbocycles. The van der Waals surface area contributed by atoms with Crippen molar-refractivity contribution in [1.29, 1.82) is 0 Å². The molecule has 0 radical (unpaired) electrons. The van der Waals surface area contributed by atoms with Gasteiger partial charge in [0.25, 0.3) is 0 Å². The van der Waals surface area contributed by atoms with Gasteiger partial charge < -0.3 is 30.9 Å². The summed E-state index contributed by atoms with van der Waals surface area (Å²) in [6.45, 7) is -0.490. The molecule has 9 heteroatoms. The van der Waals surface area contributed by atoms with Gasteiger partial charge in [-0.25, -0.2) is 5.43 Å². The lowest BCUT2D eigenvalue weighted by atomic mass is 9.99. The summed E-state index contributed by atoms with van der Waals surface area (Å²) >= 11 is 4.52. The maximum atomic E-state index is 9.53. The maximum Gasteiger partial charge on any atom is 0.178 e. The SMILES string of the molecule is NC(=S)NN[C@@H]1O[C@H](CO)[C@@H](O)[C@H](O)[C@@H]1O. The fraction of sp³-hybridized carbons (Fsp3) is 0.857. The van der Waals surface area contributed by atoms with Gasteiger partial charge in [-0.15, -0.1) is 0 Å². The van der Waals surface area contributed by atoms with E-state index in [-0.39, 0.29) is 5.11 Å². The summed E-state index contributed by atoms with van der Waals surface area (Å²) in [7, 11) is 0. The Morgan fingerprint density at radius 1 is 1.25 bits per heavy atom. The molecule has 94 valence electrons. The fourth-order valence-corrected chi connectivity index (χ4v) is 1.42. The van der Waals surface area contributed by atoms with Gasteiger partial charge in [-0.2, -0.15) is 0 Å². The summed E-state index contributed by atoms with van der Waals surface area (Å²) in [5.74, 6) is 0. The van der Waals surface area contributed by atoms with Gasteiger partial charge in [-0.1, -0.05) is 0 Å². The Morgan fingerprint density at radius 2 is 1.88 bits per heavy atom. The van der Waals surface area contributed by atoms with Gasteiger partial charge >= 0.3 is 0 Å². The minimum absolute atomic E-state index is 0.0723. The number of rotatable bonds is 3. The highest BCUT2D eigenvalue weighted by Gasteiger charge is 2.43. The van der Waals surface area contributed by atoms with E-state index in [1.165, 1.54) is 0 Å². The van der Waals surface area contributed by atoms with Gasteiger partial charge in [0.05, 0.1) is 6.61 Å². The van der Waals surface area contributed by atoms with Crippen LogP contribution in [0.5, 0.6) is 0 Å². The lowest BCUT2D eigenvalue weighted by Gasteiger charge is -2.40. The summed E-state index contributed by atoms with van der Waals surface area (Å²) in [4.78, 5) is 0. The van der Waals surface area contributed by atoms with E-state index in [2.05, 4.69) is 23.1 Å². The second-order valence-corrected chi connectivity index (χ2v) is 3.82. The summed E-state index contributed by atoms with van der Waals surface area (Å²) in [6.07, 6.45) is -6.21. The number of ether oxygens (including phenoxy) is 1. The molecule has 8 N–H and O–H groups in total. The number of aliphatic hydroxyl groups is 4. The molecule has 0 spiro atoms. The largest absolute Gasteiger partial charge is 0.394 e. The monoisotopic (exact) mass is 253 g/mol. The minimum atomic E-state index is -1.43. The molecule has 16 heavy (non-hydrogen) atoms. The number of hydrazine groups is 1. The Bertz CT molecular complexity index is 254. The topological polar surface area (TPSA) is 140 Å². The van der Waals surface area contributed by atoms with Crippen molar-refractivity contribution >= 4 is 17.3 Å². The van der Waals surface area contributed by atoms with Gasteiger partial charge in [-0.3, -0.25) is 5.43 Å². The van der Waals surface area contributed by atoms with Crippen LogP contribution in [-0.4, -0.2) is 62.8 Å². The van der Waals surface area contributed by atoms with E-state index in [9.17, 15) is 15.3 Å². The molecule has 1 aliphatic rings. The summed E-state index contributed by atoms with van der Waals surface area (Å²) < 4.78 is 5.08. The molecular weight excluding hydrogens is 238 g/mol. The van der Waals surface area contributed by atoms with Gasteiger partial charge in [0.2, 0.25) is 0 Å². The van der Waals surface area contributed by atoms with E-state index < -0.39 is 37.3 Å². The first-order chi connectivity index (χ1) is 7.47. The average Bonchev–Trinajstić information content (AvgIpc) is 2.25. The molecule has 0 aromatic heterocycles. The second-order valence-electron chi connectivity index (χ2n) is 3.38. The van der Waals surface area contributed by atoms with E-state index >= 15 is 0 Å². The van der Waals surface area contributed by atoms with Crippen molar-refractivity contribution in [3.05, 3.63) is 0 Å². The molecule has 5 atom stereocenters. The van der Waals surface area contributed by atoms with Crippen molar-refractivity contribution in [2.45, 2.75) is 30.6 Å². The van der Waals surface area contributed by atoms with Crippen LogP contribution in [0.4, 0.5) is 0 Å². The quantitative estimate of drug-likeness (QED) is 0.199. The predicted molar refractivity (Wildman–Crippen MR) is 56.8 cm³/mol. The van der Waals surface area contributed by atoms with E-state index in [0.29, 0.717) is 0 Å². The van der Waals surface area contributed by atoms with Crippen LogP contribution in [-0.2, 0) is 4.74 Å². The third-order valence-corrected chi connectivity index (χ3v) is 2.33.